The Labute approximate surface area is 182 Å². The maximum absolute atomic E-state index is 12.9. The van der Waals surface area contributed by atoms with E-state index in [-0.39, 0.29) is 6.03 Å². The van der Waals surface area contributed by atoms with Gasteiger partial charge < -0.3 is 14.8 Å². The molecule has 0 fully saturated rings. The van der Waals surface area contributed by atoms with E-state index >= 15 is 0 Å². The molecule has 1 aromatic heterocycles. The van der Waals surface area contributed by atoms with Crippen molar-refractivity contribution < 1.29 is 4.79 Å². The molecular weight excluding hydrogens is 405 g/mol. The second-order valence-electron chi connectivity index (χ2n) is 7.43. The smallest absolute Gasteiger partial charge is 0.322 e. The molecule has 0 saturated carbocycles. The van der Waals surface area contributed by atoms with E-state index in [9.17, 15) is 4.79 Å². The summed E-state index contributed by atoms with van der Waals surface area (Å²) in [5, 5.41) is 4.34. The van der Waals surface area contributed by atoms with Crippen LogP contribution in [0, 0.1) is 5.92 Å². The molecule has 0 bridgehead atoms. The van der Waals surface area contributed by atoms with Crippen molar-refractivity contribution in [2.24, 2.45) is 5.92 Å². The van der Waals surface area contributed by atoms with Gasteiger partial charge in [0.25, 0.3) is 0 Å². The molecular formula is C23H25Cl2N3O. The molecule has 0 atom stereocenters. The number of carbonyl (C=O) groups excluding carboxylic acids is 1. The molecule has 6 heteroatoms. The van der Waals surface area contributed by atoms with Crippen LogP contribution in [0.1, 0.15) is 25.1 Å². The lowest BCUT2D eigenvalue weighted by Crippen LogP contribution is -2.37. The molecule has 0 radical (unpaired) electrons. The molecule has 2 amide bonds. The summed E-state index contributed by atoms with van der Waals surface area (Å²) in [5.74, 6) is 0.345. The van der Waals surface area contributed by atoms with E-state index in [1.807, 2.05) is 47.5 Å². The van der Waals surface area contributed by atoms with Crippen LogP contribution >= 0.6 is 23.2 Å². The monoisotopic (exact) mass is 429 g/mol. The van der Waals surface area contributed by atoms with Gasteiger partial charge in [-0.1, -0.05) is 55.2 Å². The number of hydrogen-bond acceptors (Lipinski definition) is 1. The summed E-state index contributed by atoms with van der Waals surface area (Å²) in [4.78, 5) is 14.8. The van der Waals surface area contributed by atoms with Gasteiger partial charge in [0.05, 0.1) is 6.54 Å². The molecule has 0 aliphatic carbocycles. The zero-order valence-electron chi connectivity index (χ0n) is 16.6. The molecule has 4 nitrogen and oxygen atoms in total. The van der Waals surface area contributed by atoms with E-state index in [0.29, 0.717) is 30.6 Å². The Hall–Kier alpha value is -2.43. The molecule has 29 heavy (non-hydrogen) atoms. The van der Waals surface area contributed by atoms with Crippen molar-refractivity contribution >= 4 is 34.9 Å². The number of benzene rings is 2. The van der Waals surface area contributed by atoms with Gasteiger partial charge in [-0.3, -0.25) is 0 Å². The van der Waals surface area contributed by atoms with Gasteiger partial charge in [-0.2, -0.15) is 0 Å². The van der Waals surface area contributed by atoms with Crippen LogP contribution in [-0.4, -0.2) is 22.0 Å². The SMILES string of the molecule is CC(C)CN(Cc1cccn1Cc1ccccc1Cl)C(=O)Nc1ccc(Cl)cc1. The molecule has 3 aromatic rings. The second-order valence-corrected chi connectivity index (χ2v) is 8.27. The van der Waals surface area contributed by atoms with Crippen molar-refractivity contribution in [1.29, 1.82) is 0 Å². The van der Waals surface area contributed by atoms with Crippen LogP contribution in [0.4, 0.5) is 10.5 Å². The average Bonchev–Trinajstić information content (AvgIpc) is 3.11. The van der Waals surface area contributed by atoms with Crippen molar-refractivity contribution in [3.05, 3.63) is 88.2 Å². The minimum atomic E-state index is -0.133. The topological polar surface area (TPSA) is 37.3 Å². The highest BCUT2D eigenvalue weighted by atomic mass is 35.5. The van der Waals surface area contributed by atoms with Crippen LogP contribution in [0.25, 0.3) is 0 Å². The van der Waals surface area contributed by atoms with Gasteiger partial charge in [-0.15, -0.1) is 0 Å². The Bertz CT molecular complexity index is 951. The highest BCUT2D eigenvalue weighted by Crippen LogP contribution is 2.19. The van der Waals surface area contributed by atoms with Gasteiger partial charge in [-0.05, 0) is 53.9 Å². The van der Waals surface area contributed by atoms with Gasteiger partial charge in [-0.25, -0.2) is 4.79 Å². The highest BCUT2D eigenvalue weighted by Gasteiger charge is 2.17. The Balaban J connectivity index is 1.75. The molecule has 152 valence electrons. The zero-order valence-corrected chi connectivity index (χ0v) is 18.1. The predicted octanol–water partition coefficient (Wildman–Crippen LogP) is 6.53. The summed E-state index contributed by atoms with van der Waals surface area (Å²) < 4.78 is 2.13. The maximum atomic E-state index is 12.9. The maximum Gasteiger partial charge on any atom is 0.322 e. The Morgan fingerprint density at radius 1 is 1.03 bits per heavy atom. The summed E-state index contributed by atoms with van der Waals surface area (Å²) in [6, 6.07) is 18.8. The number of urea groups is 1. The number of amides is 2. The Morgan fingerprint density at radius 2 is 1.76 bits per heavy atom. The van der Waals surface area contributed by atoms with Gasteiger partial charge in [0, 0.05) is 40.7 Å². The van der Waals surface area contributed by atoms with Gasteiger partial charge in [0.15, 0.2) is 0 Å². The van der Waals surface area contributed by atoms with Gasteiger partial charge in [0.2, 0.25) is 0 Å². The summed E-state index contributed by atoms with van der Waals surface area (Å²) in [6.45, 7) is 6.03. The number of rotatable bonds is 7. The predicted molar refractivity (Wildman–Crippen MR) is 121 cm³/mol. The molecule has 0 unspecified atom stereocenters. The van der Waals surface area contributed by atoms with Crippen LogP contribution < -0.4 is 5.32 Å². The van der Waals surface area contributed by atoms with Gasteiger partial charge >= 0.3 is 6.03 Å². The molecule has 0 saturated heterocycles. The largest absolute Gasteiger partial charge is 0.345 e. The highest BCUT2D eigenvalue weighted by molar-refractivity contribution is 6.31. The van der Waals surface area contributed by atoms with E-state index < -0.39 is 0 Å². The number of carbonyl (C=O) groups is 1. The second kappa shape index (κ2) is 9.86. The first-order chi connectivity index (χ1) is 13.9. The van der Waals surface area contributed by atoms with Crippen molar-refractivity contribution in [1.82, 2.24) is 9.47 Å². The van der Waals surface area contributed by atoms with Crippen LogP contribution in [0.5, 0.6) is 0 Å². The van der Waals surface area contributed by atoms with Crippen LogP contribution in [0.15, 0.2) is 66.9 Å². The average molecular weight is 430 g/mol. The molecule has 1 heterocycles. The van der Waals surface area contributed by atoms with Crippen LogP contribution in [0.2, 0.25) is 10.0 Å². The zero-order chi connectivity index (χ0) is 20.8. The number of aromatic nitrogens is 1. The number of nitrogens with zero attached hydrogens (tertiary/aromatic N) is 2. The van der Waals surface area contributed by atoms with E-state index in [1.165, 1.54) is 0 Å². The molecule has 0 aliphatic heterocycles. The standard InChI is InChI=1S/C23H25Cl2N3O/c1-17(2)14-28(23(29)26-20-11-9-19(24)10-12-20)16-21-7-5-13-27(21)15-18-6-3-4-8-22(18)25/h3-13,17H,14-16H2,1-2H3,(H,26,29). The quantitative estimate of drug-likeness (QED) is 0.455. The first kappa shape index (κ1) is 21.3. The lowest BCUT2D eigenvalue weighted by molar-refractivity contribution is 0.200. The molecule has 1 N–H and O–H groups in total. The summed E-state index contributed by atoms with van der Waals surface area (Å²) in [6.07, 6.45) is 2.02. The number of anilines is 1. The van der Waals surface area contributed by atoms with E-state index in [2.05, 4.69) is 23.7 Å². The first-order valence-corrected chi connectivity index (χ1v) is 10.4. The van der Waals surface area contributed by atoms with Crippen molar-refractivity contribution in [2.45, 2.75) is 26.9 Å². The van der Waals surface area contributed by atoms with E-state index in [0.717, 1.165) is 22.0 Å². The number of halogens is 2. The lowest BCUT2D eigenvalue weighted by atomic mass is 10.2. The number of hydrogen-bond donors (Lipinski definition) is 1. The summed E-state index contributed by atoms with van der Waals surface area (Å²) in [7, 11) is 0. The Kier molecular flexibility index (Phi) is 7.24. The fourth-order valence-electron chi connectivity index (χ4n) is 3.15. The minimum absolute atomic E-state index is 0.133. The third-order valence-electron chi connectivity index (χ3n) is 4.54. The van der Waals surface area contributed by atoms with Crippen molar-refractivity contribution in [2.75, 3.05) is 11.9 Å². The molecule has 2 aromatic carbocycles. The van der Waals surface area contributed by atoms with E-state index in [4.69, 9.17) is 23.2 Å². The molecule has 3 rings (SSSR count). The molecule has 0 spiro atoms. The first-order valence-electron chi connectivity index (χ1n) is 9.61. The number of nitrogens with one attached hydrogen (secondary N) is 1. The van der Waals surface area contributed by atoms with Crippen molar-refractivity contribution in [3.63, 3.8) is 0 Å². The minimum Gasteiger partial charge on any atom is -0.345 e. The van der Waals surface area contributed by atoms with E-state index in [1.54, 1.807) is 24.3 Å². The third kappa shape index (κ3) is 6.02. The normalized spacial score (nSPS) is 10.9. The third-order valence-corrected chi connectivity index (χ3v) is 5.16. The summed E-state index contributed by atoms with van der Waals surface area (Å²) >= 11 is 12.3. The fourth-order valence-corrected chi connectivity index (χ4v) is 3.47. The fraction of sp³-hybridized carbons (Fsp3) is 0.261. The van der Waals surface area contributed by atoms with Crippen molar-refractivity contribution in [3.8, 4) is 0 Å². The lowest BCUT2D eigenvalue weighted by Gasteiger charge is -2.26. The van der Waals surface area contributed by atoms with Crippen LogP contribution in [-0.2, 0) is 13.1 Å². The van der Waals surface area contributed by atoms with Gasteiger partial charge in [0.1, 0.15) is 0 Å². The molecule has 0 aliphatic rings. The summed E-state index contributed by atoms with van der Waals surface area (Å²) in [5.41, 5.74) is 2.82. The Morgan fingerprint density at radius 3 is 2.45 bits per heavy atom. The van der Waals surface area contributed by atoms with Crippen LogP contribution in [0.3, 0.4) is 0 Å².